The highest BCUT2D eigenvalue weighted by Crippen LogP contribution is 2.34. The summed E-state index contributed by atoms with van der Waals surface area (Å²) in [4.78, 5) is 33.9. The molecule has 0 aliphatic carbocycles. The Hall–Kier alpha value is -3.78. The molecule has 0 saturated carbocycles. The zero-order chi connectivity index (χ0) is 24.4. The number of hydrogen-bond donors (Lipinski definition) is 2. The Kier molecular flexibility index (Phi) is 6.46. The fraction of sp³-hybridized carbons (Fsp3) is 0. The molecule has 3 aromatic carbocycles. The van der Waals surface area contributed by atoms with Crippen LogP contribution >= 0.6 is 34.5 Å². The Morgan fingerprint density at radius 1 is 0.800 bits per heavy atom. The Morgan fingerprint density at radius 2 is 1.66 bits per heavy atom. The van der Waals surface area contributed by atoms with E-state index in [1.165, 1.54) is 29.5 Å². The van der Waals surface area contributed by atoms with Gasteiger partial charge >= 0.3 is 0 Å². The van der Waals surface area contributed by atoms with Crippen molar-refractivity contribution in [2.75, 3.05) is 10.6 Å². The Balaban J connectivity index is 1.39. The summed E-state index contributed by atoms with van der Waals surface area (Å²) in [5, 5.41) is 10.4. The van der Waals surface area contributed by atoms with Crippen LogP contribution in [0, 0.1) is 0 Å². The Morgan fingerprint density at radius 3 is 2.46 bits per heavy atom. The first-order chi connectivity index (χ1) is 17.0. The molecule has 0 atom stereocenters. The molecular weight excluding hydrogens is 503 g/mol. The smallest absolute Gasteiger partial charge is 0.257 e. The molecule has 9 heteroatoms. The third-order valence-electron chi connectivity index (χ3n) is 5.28. The number of carbonyl (C=O) groups is 2. The van der Waals surface area contributed by atoms with Gasteiger partial charge in [0.1, 0.15) is 0 Å². The third kappa shape index (κ3) is 4.88. The number of rotatable bonds is 5. The predicted molar refractivity (Wildman–Crippen MR) is 142 cm³/mol. The van der Waals surface area contributed by atoms with Crippen LogP contribution in [0.15, 0.2) is 84.5 Å². The molecule has 0 spiro atoms. The molecule has 5 aromatic rings. The largest absolute Gasteiger partial charge is 0.322 e. The lowest BCUT2D eigenvalue weighted by molar-refractivity contribution is 0.101. The van der Waals surface area contributed by atoms with Gasteiger partial charge in [-0.3, -0.25) is 19.9 Å². The van der Waals surface area contributed by atoms with Crippen molar-refractivity contribution >= 4 is 67.9 Å². The summed E-state index contributed by atoms with van der Waals surface area (Å²) < 4.78 is 0. The summed E-state index contributed by atoms with van der Waals surface area (Å²) >= 11 is 14.1. The van der Waals surface area contributed by atoms with Crippen molar-refractivity contribution in [3.8, 4) is 11.3 Å². The van der Waals surface area contributed by atoms with Crippen LogP contribution in [-0.2, 0) is 0 Å². The van der Waals surface area contributed by atoms with Crippen LogP contribution in [0.25, 0.3) is 22.0 Å². The van der Waals surface area contributed by atoms with Gasteiger partial charge in [0, 0.05) is 40.0 Å². The van der Waals surface area contributed by atoms with Gasteiger partial charge in [-0.1, -0.05) is 47.5 Å². The standard InChI is InChI=1S/C26H16Cl2N4O2S/c27-21-8-6-17(14-20(21)23-18-4-2-1-3-15(18)9-10-29-23)31-25(34)19-7-5-16(13-22(19)28)24(33)32-26-30-11-12-35-26/h1-14H,(H,31,34)(H,30,32,33). The van der Waals surface area contributed by atoms with E-state index < -0.39 is 5.91 Å². The first-order valence-electron chi connectivity index (χ1n) is 10.4. The molecule has 2 heterocycles. The van der Waals surface area contributed by atoms with E-state index in [4.69, 9.17) is 23.2 Å². The molecule has 0 aliphatic rings. The molecule has 0 aliphatic heterocycles. The summed E-state index contributed by atoms with van der Waals surface area (Å²) in [5.41, 5.74) is 2.50. The quantitative estimate of drug-likeness (QED) is 0.258. The highest BCUT2D eigenvalue weighted by Gasteiger charge is 2.16. The molecular formula is C26H16Cl2N4O2S. The minimum atomic E-state index is -0.416. The van der Waals surface area contributed by atoms with Crippen LogP contribution in [0.2, 0.25) is 10.0 Å². The molecule has 6 nitrogen and oxygen atoms in total. The Bertz CT molecular complexity index is 1570. The number of carbonyl (C=O) groups excluding carboxylic acids is 2. The molecule has 2 amide bonds. The topological polar surface area (TPSA) is 84.0 Å². The molecule has 0 saturated heterocycles. The van der Waals surface area contributed by atoms with Gasteiger partial charge in [-0.15, -0.1) is 11.3 Å². The van der Waals surface area contributed by atoms with E-state index in [1.807, 2.05) is 30.3 Å². The maximum absolute atomic E-state index is 13.0. The minimum absolute atomic E-state index is 0.152. The lowest BCUT2D eigenvalue weighted by Gasteiger charge is -2.12. The summed E-state index contributed by atoms with van der Waals surface area (Å²) in [6.45, 7) is 0. The summed E-state index contributed by atoms with van der Waals surface area (Å²) in [6, 6.07) is 19.5. The monoisotopic (exact) mass is 518 g/mol. The number of anilines is 2. The molecule has 2 aromatic heterocycles. The molecule has 172 valence electrons. The molecule has 2 N–H and O–H groups in total. The van der Waals surface area contributed by atoms with E-state index in [0.717, 1.165) is 16.5 Å². The van der Waals surface area contributed by atoms with Crippen molar-refractivity contribution in [1.82, 2.24) is 9.97 Å². The second kappa shape index (κ2) is 9.84. The van der Waals surface area contributed by atoms with E-state index in [1.54, 1.807) is 36.0 Å². The van der Waals surface area contributed by atoms with Gasteiger partial charge < -0.3 is 5.32 Å². The fourth-order valence-corrected chi connectivity index (χ4v) is 4.61. The van der Waals surface area contributed by atoms with Crippen molar-refractivity contribution in [3.63, 3.8) is 0 Å². The number of nitrogens with zero attached hydrogens (tertiary/aromatic N) is 2. The lowest BCUT2D eigenvalue weighted by atomic mass is 10.0. The number of amides is 2. The van der Waals surface area contributed by atoms with Gasteiger partial charge in [0.2, 0.25) is 0 Å². The SMILES string of the molecule is O=C(Nc1nccs1)c1ccc(C(=O)Nc2ccc(Cl)c(-c3nccc4ccccc34)c2)c(Cl)c1. The van der Waals surface area contributed by atoms with Crippen LogP contribution < -0.4 is 10.6 Å². The summed E-state index contributed by atoms with van der Waals surface area (Å²) in [6.07, 6.45) is 3.32. The molecule has 35 heavy (non-hydrogen) atoms. The molecule has 0 unspecified atom stereocenters. The first kappa shape index (κ1) is 23.0. The van der Waals surface area contributed by atoms with Gasteiger partial charge in [0.15, 0.2) is 5.13 Å². The average Bonchev–Trinajstić information content (AvgIpc) is 3.38. The lowest BCUT2D eigenvalue weighted by Crippen LogP contribution is -2.15. The van der Waals surface area contributed by atoms with Crippen molar-refractivity contribution < 1.29 is 9.59 Å². The highest BCUT2D eigenvalue weighted by atomic mass is 35.5. The van der Waals surface area contributed by atoms with E-state index in [9.17, 15) is 9.59 Å². The van der Waals surface area contributed by atoms with E-state index >= 15 is 0 Å². The van der Waals surface area contributed by atoms with Gasteiger partial charge in [0.05, 0.1) is 21.3 Å². The van der Waals surface area contributed by atoms with E-state index in [-0.39, 0.29) is 16.5 Å². The van der Waals surface area contributed by atoms with Crippen molar-refractivity contribution in [2.45, 2.75) is 0 Å². The average molecular weight is 519 g/mol. The summed E-state index contributed by atoms with van der Waals surface area (Å²) in [5.74, 6) is -0.778. The fourth-order valence-electron chi connectivity index (χ4n) is 3.61. The number of benzene rings is 3. The predicted octanol–water partition coefficient (Wildman–Crippen LogP) is 7.17. The van der Waals surface area contributed by atoms with Crippen LogP contribution in [0.5, 0.6) is 0 Å². The number of pyridine rings is 1. The maximum Gasteiger partial charge on any atom is 0.257 e. The number of aromatic nitrogens is 2. The normalized spacial score (nSPS) is 10.8. The minimum Gasteiger partial charge on any atom is -0.322 e. The third-order valence-corrected chi connectivity index (χ3v) is 6.61. The van der Waals surface area contributed by atoms with Crippen LogP contribution in [0.3, 0.4) is 0 Å². The van der Waals surface area contributed by atoms with Gasteiger partial charge in [-0.2, -0.15) is 0 Å². The van der Waals surface area contributed by atoms with Crippen LogP contribution in [0.4, 0.5) is 10.8 Å². The van der Waals surface area contributed by atoms with Crippen LogP contribution in [0.1, 0.15) is 20.7 Å². The number of thiazole rings is 1. The van der Waals surface area contributed by atoms with Gasteiger partial charge in [-0.05, 0) is 47.9 Å². The highest BCUT2D eigenvalue weighted by molar-refractivity contribution is 7.13. The number of fused-ring (bicyclic) bond motifs is 1. The van der Waals surface area contributed by atoms with Crippen LogP contribution in [-0.4, -0.2) is 21.8 Å². The number of nitrogens with one attached hydrogen (secondary N) is 2. The summed E-state index contributed by atoms with van der Waals surface area (Å²) in [7, 11) is 0. The van der Waals surface area contributed by atoms with Crippen molar-refractivity contribution in [3.05, 3.63) is 106 Å². The van der Waals surface area contributed by atoms with Gasteiger partial charge in [0.25, 0.3) is 11.8 Å². The number of hydrogen-bond acceptors (Lipinski definition) is 5. The zero-order valence-electron chi connectivity index (χ0n) is 18.0. The Labute approximate surface area is 214 Å². The molecule has 0 radical (unpaired) electrons. The molecule has 0 bridgehead atoms. The van der Waals surface area contributed by atoms with Crippen molar-refractivity contribution in [1.29, 1.82) is 0 Å². The first-order valence-corrected chi connectivity index (χ1v) is 12.1. The maximum atomic E-state index is 13.0. The van der Waals surface area contributed by atoms with Crippen molar-refractivity contribution in [2.24, 2.45) is 0 Å². The van der Waals surface area contributed by atoms with E-state index in [0.29, 0.717) is 27.0 Å². The zero-order valence-corrected chi connectivity index (χ0v) is 20.3. The van der Waals surface area contributed by atoms with Gasteiger partial charge in [-0.25, -0.2) is 4.98 Å². The second-order valence-corrected chi connectivity index (χ2v) is 9.22. The number of halogens is 2. The molecule has 5 rings (SSSR count). The van der Waals surface area contributed by atoms with E-state index in [2.05, 4.69) is 20.6 Å². The molecule has 0 fully saturated rings. The second-order valence-electron chi connectivity index (χ2n) is 7.52.